The Labute approximate surface area is 288 Å². The maximum absolute atomic E-state index is 13.8. The van der Waals surface area contributed by atoms with Gasteiger partial charge in [0.25, 0.3) is 5.91 Å². The SMILES string of the molecule is COC1OCC[C@@H]1NC(=O)[C@H](CC(C)C)NC(=O)[C@H](CC(C)C)NC(=O)[C@H](CC(C)C)NC(=O)c1ccc2c(c1)Nc1ccccc1S2. The number of hydrogen-bond donors (Lipinski definition) is 5. The van der Waals surface area contributed by atoms with Crippen molar-refractivity contribution in [3.8, 4) is 0 Å². The zero-order valence-corrected chi connectivity index (χ0v) is 29.9. The van der Waals surface area contributed by atoms with E-state index >= 15 is 0 Å². The molecule has 262 valence electrons. The zero-order valence-electron chi connectivity index (χ0n) is 29.1. The molecule has 2 aromatic rings. The first kappa shape index (κ1) is 37.2. The largest absolute Gasteiger partial charge is 0.354 e. The normalized spacial score (nSPS) is 18.7. The number of para-hydroxylation sites is 1. The van der Waals surface area contributed by atoms with E-state index in [1.54, 1.807) is 23.9 Å². The highest BCUT2D eigenvalue weighted by atomic mass is 32.2. The third-order valence-electron chi connectivity index (χ3n) is 8.23. The van der Waals surface area contributed by atoms with Crippen molar-refractivity contribution in [3.05, 3.63) is 48.0 Å². The van der Waals surface area contributed by atoms with Crippen molar-refractivity contribution in [2.45, 2.75) is 107 Å². The Hall–Kier alpha value is -3.61. The molecule has 4 amide bonds. The quantitative estimate of drug-likeness (QED) is 0.151. The fraction of sp³-hybridized carbons (Fsp3) is 0.556. The molecule has 5 atom stereocenters. The van der Waals surface area contributed by atoms with E-state index < -0.39 is 36.2 Å². The third kappa shape index (κ3) is 10.2. The second-order valence-electron chi connectivity index (χ2n) is 13.8. The van der Waals surface area contributed by atoms with Crippen molar-refractivity contribution in [3.63, 3.8) is 0 Å². The number of hydrogen-bond acceptors (Lipinski definition) is 8. The molecule has 11 nitrogen and oxygen atoms in total. The molecule has 2 aromatic carbocycles. The predicted molar refractivity (Wildman–Crippen MR) is 187 cm³/mol. The number of carbonyl (C=O) groups excluding carboxylic acids is 4. The lowest BCUT2D eigenvalue weighted by Gasteiger charge is -2.28. The van der Waals surface area contributed by atoms with Gasteiger partial charge in [0.2, 0.25) is 17.7 Å². The Balaban J connectivity index is 1.45. The van der Waals surface area contributed by atoms with Crippen LogP contribution < -0.4 is 26.6 Å². The van der Waals surface area contributed by atoms with Crippen LogP contribution in [0.1, 0.15) is 77.6 Å². The van der Waals surface area contributed by atoms with Gasteiger partial charge in [0, 0.05) is 22.5 Å². The summed E-state index contributed by atoms with van der Waals surface area (Å²) in [5, 5.41) is 15.1. The number of nitrogens with one attached hydrogen (secondary N) is 5. The van der Waals surface area contributed by atoms with Gasteiger partial charge < -0.3 is 36.1 Å². The number of anilines is 2. The van der Waals surface area contributed by atoms with E-state index in [0.29, 0.717) is 37.9 Å². The van der Waals surface area contributed by atoms with Gasteiger partial charge in [-0.2, -0.15) is 0 Å². The number of amides is 4. The van der Waals surface area contributed by atoms with Crippen LogP contribution in [0.15, 0.2) is 52.3 Å². The molecule has 12 heteroatoms. The summed E-state index contributed by atoms with van der Waals surface area (Å²) in [6, 6.07) is 10.5. The summed E-state index contributed by atoms with van der Waals surface area (Å²) in [7, 11) is 1.53. The number of fused-ring (bicyclic) bond motifs is 2. The minimum Gasteiger partial charge on any atom is -0.354 e. The topological polar surface area (TPSA) is 147 Å². The molecular formula is C36H51N5O6S. The Morgan fingerprint density at radius 2 is 1.35 bits per heavy atom. The van der Waals surface area contributed by atoms with Crippen molar-refractivity contribution in [1.82, 2.24) is 21.3 Å². The van der Waals surface area contributed by atoms with Gasteiger partial charge in [-0.1, -0.05) is 65.4 Å². The molecule has 2 heterocycles. The minimum atomic E-state index is -0.905. The fourth-order valence-corrected chi connectivity index (χ4v) is 6.86. The Morgan fingerprint density at radius 3 is 1.96 bits per heavy atom. The van der Waals surface area contributed by atoms with E-state index in [4.69, 9.17) is 9.47 Å². The van der Waals surface area contributed by atoms with Gasteiger partial charge >= 0.3 is 0 Å². The van der Waals surface area contributed by atoms with E-state index in [1.165, 1.54) is 7.11 Å². The molecule has 0 bridgehead atoms. The van der Waals surface area contributed by atoms with Crippen LogP contribution in [0.5, 0.6) is 0 Å². The molecule has 0 radical (unpaired) electrons. The first-order chi connectivity index (χ1) is 22.8. The van der Waals surface area contributed by atoms with E-state index in [9.17, 15) is 19.2 Å². The summed E-state index contributed by atoms with van der Waals surface area (Å²) in [5.74, 6) is -1.32. The van der Waals surface area contributed by atoms with Crippen LogP contribution >= 0.6 is 11.8 Å². The van der Waals surface area contributed by atoms with Gasteiger partial charge in [-0.25, -0.2) is 0 Å². The smallest absolute Gasteiger partial charge is 0.252 e. The maximum atomic E-state index is 13.8. The molecule has 1 fully saturated rings. The van der Waals surface area contributed by atoms with Crippen molar-refractivity contribution in [2.24, 2.45) is 17.8 Å². The number of carbonyl (C=O) groups is 4. The highest BCUT2D eigenvalue weighted by molar-refractivity contribution is 7.99. The molecule has 2 aliphatic rings. The van der Waals surface area contributed by atoms with E-state index in [0.717, 1.165) is 21.2 Å². The third-order valence-corrected chi connectivity index (χ3v) is 9.38. The van der Waals surface area contributed by atoms with Gasteiger partial charge in [0.15, 0.2) is 6.29 Å². The van der Waals surface area contributed by atoms with Crippen molar-refractivity contribution >= 4 is 46.8 Å². The van der Waals surface area contributed by atoms with Crippen LogP contribution in [0.4, 0.5) is 11.4 Å². The number of methoxy groups -OCH3 is 1. The summed E-state index contributed by atoms with van der Waals surface area (Å²) in [5.41, 5.74) is 2.21. The molecule has 2 aliphatic heterocycles. The second-order valence-corrected chi connectivity index (χ2v) is 14.9. The van der Waals surface area contributed by atoms with Crippen LogP contribution in [-0.2, 0) is 23.9 Å². The highest BCUT2D eigenvalue weighted by Crippen LogP contribution is 2.44. The van der Waals surface area contributed by atoms with Crippen LogP contribution in [0, 0.1) is 17.8 Å². The second kappa shape index (κ2) is 17.2. The summed E-state index contributed by atoms with van der Waals surface area (Å²) >= 11 is 1.63. The fourth-order valence-electron chi connectivity index (χ4n) is 5.89. The van der Waals surface area contributed by atoms with Gasteiger partial charge in [-0.3, -0.25) is 19.2 Å². The predicted octanol–water partition coefficient (Wildman–Crippen LogP) is 4.98. The van der Waals surface area contributed by atoms with E-state index in [1.807, 2.05) is 71.9 Å². The summed E-state index contributed by atoms with van der Waals surface area (Å²) in [6.45, 7) is 12.3. The number of benzene rings is 2. The molecule has 0 spiro atoms. The van der Waals surface area contributed by atoms with E-state index in [-0.39, 0.29) is 35.6 Å². The number of rotatable bonds is 15. The van der Waals surface area contributed by atoms with Crippen molar-refractivity contribution in [1.29, 1.82) is 0 Å². The van der Waals surface area contributed by atoms with Crippen molar-refractivity contribution in [2.75, 3.05) is 19.0 Å². The number of ether oxygens (including phenoxy) is 2. The van der Waals surface area contributed by atoms with Gasteiger partial charge in [0.05, 0.1) is 24.0 Å². The lowest BCUT2D eigenvalue weighted by Crippen LogP contribution is -2.58. The van der Waals surface area contributed by atoms with Gasteiger partial charge in [-0.05, 0) is 73.8 Å². The standard InChI is InChI=1S/C36H51N5O6S/c1-20(2)16-27(39-32(42)23-12-13-31-26(19-23)37-24-10-8-9-11-30(24)48-31)34(44)41-29(18-22(5)6)35(45)40-28(17-21(3)4)33(43)38-25-14-15-47-36(25)46-7/h8-13,19-22,25,27-29,36-37H,14-18H2,1-7H3,(H,38,43)(H,39,42)(H,40,45)(H,41,44)/t25-,27-,28-,29-,36?/m0/s1. The average Bonchev–Trinajstić information content (AvgIpc) is 3.48. The molecule has 5 N–H and O–H groups in total. The zero-order chi connectivity index (χ0) is 35.0. The Kier molecular flexibility index (Phi) is 13.3. The summed E-state index contributed by atoms with van der Waals surface area (Å²) in [6.07, 6.45) is 1.21. The lowest BCUT2D eigenvalue weighted by molar-refractivity contribution is -0.135. The first-order valence-corrected chi connectivity index (χ1v) is 17.7. The molecule has 0 saturated carbocycles. The van der Waals surface area contributed by atoms with E-state index in [2.05, 4.69) is 26.6 Å². The molecule has 0 aromatic heterocycles. The first-order valence-electron chi connectivity index (χ1n) is 16.9. The molecule has 4 rings (SSSR count). The molecule has 0 aliphatic carbocycles. The highest BCUT2D eigenvalue weighted by Gasteiger charge is 2.34. The Morgan fingerprint density at radius 1 is 0.792 bits per heavy atom. The van der Waals surface area contributed by atoms with Crippen LogP contribution in [-0.4, -0.2) is 67.8 Å². The summed E-state index contributed by atoms with van der Waals surface area (Å²) < 4.78 is 10.8. The molecule has 1 saturated heterocycles. The lowest BCUT2D eigenvalue weighted by atomic mass is 9.98. The van der Waals surface area contributed by atoms with Gasteiger partial charge in [0.1, 0.15) is 18.1 Å². The molecular weight excluding hydrogens is 630 g/mol. The monoisotopic (exact) mass is 681 g/mol. The Bertz CT molecular complexity index is 1450. The van der Waals surface area contributed by atoms with Crippen molar-refractivity contribution < 1.29 is 28.7 Å². The minimum absolute atomic E-state index is 0.0701. The van der Waals surface area contributed by atoms with Gasteiger partial charge in [-0.15, -0.1) is 0 Å². The van der Waals surface area contributed by atoms with Crippen LogP contribution in [0.3, 0.4) is 0 Å². The summed E-state index contributed by atoms with van der Waals surface area (Å²) in [4.78, 5) is 56.5. The average molecular weight is 682 g/mol. The van der Waals surface area contributed by atoms with Crippen LogP contribution in [0.25, 0.3) is 0 Å². The van der Waals surface area contributed by atoms with Crippen LogP contribution in [0.2, 0.25) is 0 Å². The maximum Gasteiger partial charge on any atom is 0.252 e. The molecule has 1 unspecified atom stereocenters. The molecule has 48 heavy (non-hydrogen) atoms.